The first-order valence-corrected chi connectivity index (χ1v) is 18.3. The highest BCUT2D eigenvalue weighted by molar-refractivity contribution is 7.10. The first-order valence-electron chi connectivity index (χ1n) is 17.4. The molecule has 5 nitrogen and oxygen atoms in total. The number of fused-ring (bicyclic) bond motifs is 5. The van der Waals surface area contributed by atoms with Crippen LogP contribution in [0.5, 0.6) is 5.75 Å². The van der Waals surface area contributed by atoms with Crippen molar-refractivity contribution in [1.82, 2.24) is 15.2 Å². The van der Waals surface area contributed by atoms with Crippen molar-refractivity contribution < 1.29 is 13.9 Å². The fraction of sp³-hybridized carbons (Fsp3) is 0.333. The second-order valence-electron chi connectivity index (χ2n) is 13.5. The third-order valence-electron chi connectivity index (χ3n) is 10.6. The fourth-order valence-electron chi connectivity index (χ4n) is 7.95. The van der Waals surface area contributed by atoms with E-state index in [4.69, 9.17) is 9.47 Å². The molecule has 0 unspecified atom stereocenters. The van der Waals surface area contributed by atoms with Crippen LogP contribution in [0, 0.1) is 5.82 Å². The van der Waals surface area contributed by atoms with E-state index >= 15 is 0 Å². The average molecular weight is 676 g/mol. The molecule has 1 aliphatic heterocycles. The van der Waals surface area contributed by atoms with E-state index in [9.17, 15) is 4.39 Å². The molecule has 1 saturated carbocycles. The van der Waals surface area contributed by atoms with Crippen LogP contribution in [-0.4, -0.2) is 44.2 Å². The van der Waals surface area contributed by atoms with Crippen molar-refractivity contribution in [2.45, 2.75) is 55.8 Å². The molecular weight excluding hydrogens is 630 g/mol. The second kappa shape index (κ2) is 14.5. The number of ether oxygens (including phenoxy) is 2. The van der Waals surface area contributed by atoms with Crippen LogP contribution in [0.4, 0.5) is 4.39 Å². The Bertz CT molecular complexity index is 1970. The summed E-state index contributed by atoms with van der Waals surface area (Å²) in [6.45, 7) is 1.64. The Balaban J connectivity index is 0.000000161. The Kier molecular flexibility index (Phi) is 9.88. The van der Waals surface area contributed by atoms with E-state index in [0.717, 1.165) is 61.7 Å². The topological polar surface area (TPSA) is 49.5 Å². The van der Waals surface area contributed by atoms with Gasteiger partial charge in [-0.15, -0.1) is 11.3 Å². The van der Waals surface area contributed by atoms with Gasteiger partial charge >= 0.3 is 0 Å². The minimum atomic E-state index is -0.280. The summed E-state index contributed by atoms with van der Waals surface area (Å²) >= 11 is 1.75. The van der Waals surface area contributed by atoms with Crippen LogP contribution in [0.25, 0.3) is 21.7 Å². The van der Waals surface area contributed by atoms with Crippen LogP contribution in [0.15, 0.2) is 109 Å². The smallest absolute Gasteiger partial charge is 0.134 e. The summed E-state index contributed by atoms with van der Waals surface area (Å²) in [6.07, 6.45) is 5.90. The lowest BCUT2D eigenvalue weighted by Gasteiger charge is -2.50. The van der Waals surface area contributed by atoms with Crippen molar-refractivity contribution in [3.05, 3.63) is 136 Å². The van der Waals surface area contributed by atoms with Crippen molar-refractivity contribution in [3.8, 4) is 5.75 Å². The van der Waals surface area contributed by atoms with Gasteiger partial charge in [0.05, 0.1) is 12.3 Å². The van der Waals surface area contributed by atoms with Gasteiger partial charge in [-0.05, 0) is 112 Å². The summed E-state index contributed by atoms with van der Waals surface area (Å²) in [6, 6.07) is 34.7. The zero-order valence-electron chi connectivity index (χ0n) is 28.7. The summed E-state index contributed by atoms with van der Waals surface area (Å²) in [5.74, 6) is 0.789. The lowest BCUT2D eigenvalue weighted by molar-refractivity contribution is -0.113. The zero-order valence-corrected chi connectivity index (χ0v) is 29.5. The predicted octanol–water partition coefficient (Wildman–Crippen LogP) is 9.74. The van der Waals surface area contributed by atoms with Crippen LogP contribution in [0.2, 0.25) is 0 Å². The molecule has 6 aromatic rings. The van der Waals surface area contributed by atoms with E-state index in [1.165, 1.54) is 38.5 Å². The van der Waals surface area contributed by atoms with Crippen LogP contribution in [-0.2, 0) is 22.3 Å². The molecule has 0 radical (unpaired) electrons. The number of rotatable bonds is 8. The van der Waals surface area contributed by atoms with Gasteiger partial charge < -0.3 is 19.8 Å². The molecule has 1 spiro atoms. The summed E-state index contributed by atoms with van der Waals surface area (Å²) in [5, 5.41) is 8.72. The molecule has 254 valence electrons. The largest absolute Gasteiger partial charge is 0.484 e. The Morgan fingerprint density at radius 3 is 2.43 bits per heavy atom. The molecule has 0 saturated heterocycles. The number of halogens is 1. The van der Waals surface area contributed by atoms with Gasteiger partial charge in [0.1, 0.15) is 23.3 Å². The van der Waals surface area contributed by atoms with Crippen molar-refractivity contribution >= 4 is 33.0 Å². The summed E-state index contributed by atoms with van der Waals surface area (Å²) in [7, 11) is 6.34. The normalized spacial score (nSPS) is 21.0. The number of benzene rings is 4. The van der Waals surface area contributed by atoms with E-state index in [-0.39, 0.29) is 23.1 Å². The molecule has 1 fully saturated rings. The van der Waals surface area contributed by atoms with E-state index in [0.29, 0.717) is 6.61 Å². The highest BCUT2D eigenvalue weighted by atomic mass is 32.1. The average Bonchev–Trinajstić information content (AvgIpc) is 3.81. The minimum absolute atomic E-state index is 0.0333. The summed E-state index contributed by atoms with van der Waals surface area (Å²) in [5.41, 5.74) is 4.58. The molecule has 0 amide bonds. The molecular formula is C42H46FN3O2S. The Labute approximate surface area is 293 Å². The molecule has 7 heteroatoms. The first kappa shape index (κ1) is 33.5. The van der Waals surface area contributed by atoms with Gasteiger partial charge in [-0.3, -0.25) is 4.90 Å². The van der Waals surface area contributed by atoms with Crippen LogP contribution in [0.3, 0.4) is 0 Å². The fourth-order valence-corrected chi connectivity index (χ4v) is 8.74. The number of H-pyrrole nitrogens is 1. The van der Waals surface area contributed by atoms with Crippen LogP contribution in [0.1, 0.15) is 59.9 Å². The molecule has 3 heterocycles. The highest BCUT2D eigenvalue weighted by Crippen LogP contribution is 2.52. The monoisotopic (exact) mass is 675 g/mol. The third kappa shape index (κ3) is 6.65. The molecule has 49 heavy (non-hydrogen) atoms. The van der Waals surface area contributed by atoms with Crippen molar-refractivity contribution in [2.75, 3.05) is 34.3 Å². The number of nitrogens with one attached hydrogen (secondary N) is 2. The minimum Gasteiger partial charge on any atom is -0.484 e. The SMILES string of the molecule is CN(C)C1(c2ccccc2)CCC2(CC1)OCCc1c2[nH]c2ccc(F)cc12.CNCC[C@H](Oc1cccc2ccccc12)c1cccs1. The molecule has 2 aromatic heterocycles. The lowest BCUT2D eigenvalue weighted by Crippen LogP contribution is -2.50. The molecule has 8 rings (SSSR count). The molecule has 1 aliphatic carbocycles. The van der Waals surface area contributed by atoms with Gasteiger partial charge in [-0.1, -0.05) is 72.8 Å². The van der Waals surface area contributed by atoms with E-state index in [1.807, 2.05) is 13.1 Å². The molecule has 4 aromatic carbocycles. The number of aromatic amines is 1. The summed E-state index contributed by atoms with van der Waals surface area (Å²) in [4.78, 5) is 7.25. The van der Waals surface area contributed by atoms with Crippen LogP contribution >= 0.6 is 11.3 Å². The van der Waals surface area contributed by atoms with Crippen molar-refractivity contribution in [2.24, 2.45) is 0 Å². The first-order chi connectivity index (χ1) is 23.9. The molecule has 0 bridgehead atoms. The van der Waals surface area contributed by atoms with Crippen LogP contribution < -0.4 is 10.1 Å². The third-order valence-corrected chi connectivity index (χ3v) is 11.6. The Morgan fingerprint density at radius 2 is 1.67 bits per heavy atom. The molecule has 2 N–H and O–H groups in total. The van der Waals surface area contributed by atoms with Crippen molar-refractivity contribution in [3.63, 3.8) is 0 Å². The Hall–Kier alpha value is -4.01. The summed E-state index contributed by atoms with van der Waals surface area (Å²) < 4.78 is 26.6. The van der Waals surface area contributed by atoms with Gasteiger partial charge in [-0.2, -0.15) is 0 Å². The Morgan fingerprint density at radius 1 is 0.898 bits per heavy atom. The van der Waals surface area contributed by atoms with Gasteiger partial charge in [0, 0.05) is 33.1 Å². The maximum absolute atomic E-state index is 13.8. The van der Waals surface area contributed by atoms with Gasteiger partial charge in [0.15, 0.2) is 0 Å². The number of hydrogen-bond donors (Lipinski definition) is 2. The maximum atomic E-state index is 13.8. The van der Waals surface area contributed by atoms with Gasteiger partial charge in [0.25, 0.3) is 0 Å². The maximum Gasteiger partial charge on any atom is 0.134 e. The van der Waals surface area contributed by atoms with Crippen molar-refractivity contribution in [1.29, 1.82) is 0 Å². The van der Waals surface area contributed by atoms with E-state index < -0.39 is 0 Å². The standard InChI is InChI=1S/C24H27FN2O.C18H19NOS/c1-27(2)23(17-6-4-3-5-7-17)11-13-24(14-12-23)22-19(10-15-28-24)20-16-18(25)8-9-21(20)26-22;1-19-12-11-17(18-10-5-13-21-18)20-16-9-4-7-14-6-2-3-8-15(14)16/h3-9,16,26H,10-15H2,1-2H3;2-10,13,17,19H,11-12H2,1H3/t;17-/m.0/s1. The predicted molar refractivity (Wildman–Crippen MR) is 200 cm³/mol. The van der Waals surface area contributed by atoms with Gasteiger partial charge in [-0.25, -0.2) is 4.39 Å². The van der Waals surface area contributed by atoms with Gasteiger partial charge in [0.2, 0.25) is 0 Å². The lowest BCUT2D eigenvalue weighted by atomic mass is 9.68. The zero-order chi connectivity index (χ0) is 33.8. The number of thiophene rings is 1. The van der Waals surface area contributed by atoms with E-state index in [2.05, 4.69) is 120 Å². The van der Waals surface area contributed by atoms with E-state index in [1.54, 1.807) is 17.4 Å². The molecule has 1 atom stereocenters. The quantitative estimate of drug-likeness (QED) is 0.169. The number of nitrogens with zero attached hydrogens (tertiary/aromatic N) is 1. The molecule has 2 aliphatic rings. The number of hydrogen-bond acceptors (Lipinski definition) is 5. The second-order valence-corrected chi connectivity index (χ2v) is 14.5. The number of aromatic nitrogens is 1. The highest BCUT2D eigenvalue weighted by Gasteiger charge is 2.49.